The van der Waals surface area contributed by atoms with E-state index in [-0.39, 0.29) is 29.3 Å². The third-order valence-electron chi connectivity index (χ3n) is 7.47. The lowest BCUT2D eigenvalue weighted by Crippen LogP contribution is -2.50. The van der Waals surface area contributed by atoms with Crippen molar-refractivity contribution in [3.8, 4) is 5.75 Å². The van der Waals surface area contributed by atoms with Gasteiger partial charge in [0.05, 0.1) is 5.56 Å². The van der Waals surface area contributed by atoms with Gasteiger partial charge in [0.1, 0.15) is 22.5 Å². The summed E-state index contributed by atoms with van der Waals surface area (Å²) in [5.74, 6) is -0.447. The lowest BCUT2D eigenvalue weighted by molar-refractivity contribution is 0.0230. The number of nitrogens with two attached hydrogens (primary N) is 1. The summed E-state index contributed by atoms with van der Waals surface area (Å²) in [6, 6.07) is 12.3. The number of nitrogens with zero attached hydrogens (tertiary/aromatic N) is 4. The van der Waals surface area contributed by atoms with E-state index >= 15 is 0 Å². The molecule has 0 spiro atoms. The van der Waals surface area contributed by atoms with Gasteiger partial charge in [-0.05, 0) is 84.0 Å². The third-order valence-corrected chi connectivity index (χ3v) is 7.47. The largest absolute Gasteiger partial charge is 0.507 e. The molecular formula is C34H45N5O8. The van der Waals surface area contributed by atoms with E-state index in [4.69, 9.17) is 19.6 Å². The minimum Gasteiger partial charge on any atom is -0.507 e. The molecule has 0 unspecified atom stereocenters. The van der Waals surface area contributed by atoms with Gasteiger partial charge in [0.25, 0.3) is 5.91 Å². The Morgan fingerprint density at radius 2 is 1.21 bits per heavy atom. The molecule has 254 valence electrons. The molecule has 2 aliphatic heterocycles. The second-order valence-electron chi connectivity index (χ2n) is 13.5. The van der Waals surface area contributed by atoms with Crippen LogP contribution in [0.3, 0.4) is 0 Å². The van der Waals surface area contributed by atoms with Crippen molar-refractivity contribution >= 4 is 46.7 Å². The Morgan fingerprint density at radius 3 is 1.66 bits per heavy atom. The normalized spacial score (nSPS) is 15.5. The molecule has 0 bridgehead atoms. The fourth-order valence-corrected chi connectivity index (χ4v) is 5.13. The Hall–Kier alpha value is -4.94. The van der Waals surface area contributed by atoms with Crippen LogP contribution in [0.5, 0.6) is 5.75 Å². The van der Waals surface area contributed by atoms with E-state index in [1.165, 1.54) is 6.07 Å². The van der Waals surface area contributed by atoms with E-state index < -0.39 is 17.1 Å². The first-order valence-electron chi connectivity index (χ1n) is 15.6. The fourth-order valence-electron chi connectivity index (χ4n) is 5.13. The lowest BCUT2D eigenvalue weighted by Gasteiger charge is -2.36. The minimum atomic E-state index is -0.580. The monoisotopic (exact) mass is 651 g/mol. The first-order valence-corrected chi connectivity index (χ1v) is 15.6. The van der Waals surface area contributed by atoms with Crippen molar-refractivity contribution in [1.82, 2.24) is 9.80 Å². The lowest BCUT2D eigenvalue weighted by atomic mass is 10.1. The van der Waals surface area contributed by atoms with Crippen molar-refractivity contribution in [2.75, 3.05) is 62.2 Å². The van der Waals surface area contributed by atoms with Gasteiger partial charge < -0.3 is 44.3 Å². The highest BCUT2D eigenvalue weighted by Gasteiger charge is 2.27. The number of aromatic hydroxyl groups is 1. The Kier molecular flexibility index (Phi) is 10.6. The highest BCUT2D eigenvalue weighted by atomic mass is 16.6. The van der Waals surface area contributed by atoms with Crippen LogP contribution in [-0.2, 0) is 9.47 Å². The number of hydrogen-bond donors (Lipinski definition) is 2. The molecule has 2 aromatic carbocycles. The molecule has 13 heteroatoms. The summed E-state index contributed by atoms with van der Waals surface area (Å²) in [5.41, 5.74) is 7.06. The molecule has 3 N–H and O–H groups in total. The minimum absolute atomic E-state index is 0.0221. The molecule has 0 saturated carbocycles. The number of hydrogen-bond acceptors (Lipinski definition) is 10. The number of carbonyl (C=O) groups is 4. The average molecular weight is 652 g/mol. The smallest absolute Gasteiger partial charge is 0.410 e. The SMILES string of the molecule is CC(C)(C)OC(=O)N1CCN(c2ccc(O)c(C=O)c2)CC1.CC(C)(C)OC(=O)N1CCN(c2ccc3oc(C(N)=O)cc3c2)CC1. The van der Waals surface area contributed by atoms with Crippen LogP contribution in [0.2, 0.25) is 0 Å². The molecule has 2 aliphatic rings. The number of piperazine rings is 2. The first kappa shape index (κ1) is 34.9. The second kappa shape index (κ2) is 14.2. The van der Waals surface area contributed by atoms with Crippen LogP contribution < -0.4 is 15.5 Å². The molecule has 0 aliphatic carbocycles. The molecule has 13 nitrogen and oxygen atoms in total. The number of anilines is 2. The molecule has 5 rings (SSSR count). The molecule has 3 aromatic rings. The average Bonchev–Trinajstić information content (AvgIpc) is 3.44. The summed E-state index contributed by atoms with van der Waals surface area (Å²) < 4.78 is 16.2. The molecule has 2 saturated heterocycles. The summed E-state index contributed by atoms with van der Waals surface area (Å²) in [7, 11) is 0. The third kappa shape index (κ3) is 9.53. The van der Waals surface area contributed by atoms with Crippen molar-refractivity contribution in [3.05, 3.63) is 53.8 Å². The maximum Gasteiger partial charge on any atom is 0.410 e. The summed E-state index contributed by atoms with van der Waals surface area (Å²) >= 11 is 0. The zero-order valence-corrected chi connectivity index (χ0v) is 27.9. The van der Waals surface area contributed by atoms with Crippen molar-refractivity contribution in [2.24, 2.45) is 5.73 Å². The fraction of sp³-hybridized carbons (Fsp3) is 0.471. The molecule has 3 amide bonds. The first-order chi connectivity index (χ1) is 22.0. The van der Waals surface area contributed by atoms with Gasteiger partial charge in [-0.2, -0.15) is 0 Å². The number of phenolic OH excluding ortho intramolecular Hbond substituents is 1. The molecule has 1 aromatic heterocycles. The van der Waals surface area contributed by atoms with Gasteiger partial charge in [0, 0.05) is 69.1 Å². The van der Waals surface area contributed by atoms with Crippen LogP contribution in [0.1, 0.15) is 62.5 Å². The van der Waals surface area contributed by atoms with Gasteiger partial charge in [0.15, 0.2) is 12.0 Å². The van der Waals surface area contributed by atoms with Crippen LogP contribution in [0.4, 0.5) is 21.0 Å². The van der Waals surface area contributed by atoms with Gasteiger partial charge in [-0.25, -0.2) is 9.59 Å². The van der Waals surface area contributed by atoms with Gasteiger partial charge in [-0.1, -0.05) is 0 Å². The number of rotatable bonds is 4. The number of ether oxygens (including phenoxy) is 2. The van der Waals surface area contributed by atoms with Crippen molar-refractivity contribution in [1.29, 1.82) is 0 Å². The van der Waals surface area contributed by atoms with E-state index in [1.807, 2.05) is 59.7 Å². The van der Waals surface area contributed by atoms with E-state index in [9.17, 15) is 24.3 Å². The standard InChI is InChI=1S/C18H23N3O4.C16H22N2O4/c1-18(2,3)25-17(23)21-8-6-20(7-9-21)13-4-5-14-12(10-13)11-15(24-14)16(19)22;1-16(2,3)22-15(21)18-8-6-17(7-9-18)13-4-5-14(20)12(10-13)11-19/h4-5,10-11H,6-9H2,1-3H3,(H2,19,22);4-5,10-11,20H,6-9H2,1-3H3. The predicted molar refractivity (Wildman–Crippen MR) is 178 cm³/mol. The van der Waals surface area contributed by atoms with Crippen LogP contribution in [0.25, 0.3) is 11.0 Å². The Labute approximate surface area is 274 Å². The Bertz CT molecular complexity index is 1590. The van der Waals surface area contributed by atoms with E-state index in [0.29, 0.717) is 64.2 Å². The van der Waals surface area contributed by atoms with Crippen LogP contribution in [-0.4, -0.2) is 103 Å². The Morgan fingerprint density at radius 1 is 0.745 bits per heavy atom. The van der Waals surface area contributed by atoms with E-state index in [2.05, 4.69) is 9.80 Å². The number of aldehydes is 1. The van der Waals surface area contributed by atoms with Crippen molar-refractivity contribution in [2.45, 2.75) is 52.7 Å². The summed E-state index contributed by atoms with van der Waals surface area (Å²) in [5, 5.41) is 10.4. The number of furan rings is 1. The highest BCUT2D eigenvalue weighted by Crippen LogP contribution is 2.27. The zero-order valence-electron chi connectivity index (χ0n) is 27.9. The Balaban J connectivity index is 0.000000215. The summed E-state index contributed by atoms with van der Waals surface area (Å²) in [4.78, 5) is 53.9. The highest BCUT2D eigenvalue weighted by molar-refractivity contribution is 5.95. The number of amides is 3. The van der Waals surface area contributed by atoms with Crippen LogP contribution >= 0.6 is 0 Å². The van der Waals surface area contributed by atoms with Crippen LogP contribution in [0, 0.1) is 0 Å². The number of carbonyl (C=O) groups excluding carboxylic acids is 4. The maximum atomic E-state index is 12.1. The molecule has 2 fully saturated rings. The zero-order chi connectivity index (χ0) is 34.5. The topological polar surface area (TPSA) is 159 Å². The molecule has 3 heterocycles. The van der Waals surface area contributed by atoms with Crippen molar-refractivity contribution < 1.29 is 38.2 Å². The van der Waals surface area contributed by atoms with E-state index in [0.717, 1.165) is 16.8 Å². The van der Waals surface area contributed by atoms with E-state index in [1.54, 1.807) is 28.0 Å². The number of phenols is 1. The quantitative estimate of drug-likeness (QED) is 0.374. The second-order valence-corrected chi connectivity index (χ2v) is 13.5. The van der Waals surface area contributed by atoms with Gasteiger partial charge in [-0.3, -0.25) is 9.59 Å². The number of benzene rings is 2. The van der Waals surface area contributed by atoms with Gasteiger partial charge >= 0.3 is 12.2 Å². The summed E-state index contributed by atoms with van der Waals surface area (Å²) in [6.45, 7) is 16.2. The summed E-state index contributed by atoms with van der Waals surface area (Å²) in [6.07, 6.45) is 0.0606. The molecular weight excluding hydrogens is 606 g/mol. The van der Waals surface area contributed by atoms with Crippen molar-refractivity contribution in [3.63, 3.8) is 0 Å². The molecule has 47 heavy (non-hydrogen) atoms. The van der Waals surface area contributed by atoms with Gasteiger partial charge in [0.2, 0.25) is 0 Å². The number of fused-ring (bicyclic) bond motifs is 1. The predicted octanol–water partition coefficient (Wildman–Crippen LogP) is 4.85. The molecule has 0 radical (unpaired) electrons. The molecule has 0 atom stereocenters. The number of primary amides is 1. The van der Waals surface area contributed by atoms with Crippen LogP contribution in [0.15, 0.2) is 46.9 Å². The maximum absolute atomic E-state index is 12.1. The van der Waals surface area contributed by atoms with Gasteiger partial charge in [-0.15, -0.1) is 0 Å².